The number of benzene rings is 1. The molecule has 1 aliphatic heterocycles. The first-order valence-corrected chi connectivity index (χ1v) is 10.4. The van der Waals surface area contributed by atoms with Gasteiger partial charge in [0.05, 0.1) is 0 Å². The SMILES string of the molecule is CC(=O)OCC1O[C@H](Oc2ccc(I)cc2)C(OC(C)=O)C(OC(C)=O)[C@H]1OC(C)=O. The Bertz CT molecular complexity index is 809. The van der Waals surface area contributed by atoms with Crippen molar-refractivity contribution in [1.29, 1.82) is 0 Å². The molecule has 170 valence electrons. The van der Waals surface area contributed by atoms with Gasteiger partial charge < -0.3 is 28.4 Å². The van der Waals surface area contributed by atoms with Gasteiger partial charge in [-0.2, -0.15) is 0 Å². The molecule has 10 nitrogen and oxygen atoms in total. The van der Waals surface area contributed by atoms with Crippen molar-refractivity contribution < 1.29 is 47.6 Å². The molecule has 0 saturated carbocycles. The molecule has 3 unspecified atom stereocenters. The standard InChI is InChI=1S/C20H23IO10/c1-10(22)26-9-16-17(27-11(2)23)18(28-12(3)24)19(29-13(4)25)20(31-16)30-15-7-5-14(21)6-8-15/h5-8,16-20H,9H2,1-4H3/t16?,17-,18?,19?,20-/m0/s1. The van der Waals surface area contributed by atoms with Crippen molar-refractivity contribution in [3.8, 4) is 5.75 Å². The van der Waals surface area contributed by atoms with Gasteiger partial charge in [0.15, 0.2) is 12.2 Å². The van der Waals surface area contributed by atoms with Crippen molar-refractivity contribution in [2.75, 3.05) is 6.61 Å². The maximum Gasteiger partial charge on any atom is 0.303 e. The third-order valence-electron chi connectivity index (χ3n) is 4.01. The number of hydrogen-bond acceptors (Lipinski definition) is 10. The molecule has 31 heavy (non-hydrogen) atoms. The topological polar surface area (TPSA) is 124 Å². The number of hydrogen-bond donors (Lipinski definition) is 0. The minimum atomic E-state index is -1.27. The van der Waals surface area contributed by atoms with Gasteiger partial charge in [0.2, 0.25) is 12.4 Å². The minimum Gasteiger partial charge on any atom is -0.463 e. The summed E-state index contributed by atoms with van der Waals surface area (Å²) in [7, 11) is 0. The number of halogens is 1. The monoisotopic (exact) mass is 550 g/mol. The van der Waals surface area contributed by atoms with Gasteiger partial charge in [-0.25, -0.2) is 0 Å². The van der Waals surface area contributed by atoms with Crippen LogP contribution in [0.25, 0.3) is 0 Å². The van der Waals surface area contributed by atoms with E-state index >= 15 is 0 Å². The van der Waals surface area contributed by atoms with Crippen LogP contribution in [-0.2, 0) is 42.9 Å². The Labute approximate surface area is 192 Å². The fraction of sp³-hybridized carbons (Fsp3) is 0.500. The first kappa shape index (κ1) is 24.9. The molecule has 1 aromatic rings. The molecule has 1 fully saturated rings. The van der Waals surface area contributed by atoms with Crippen LogP contribution in [0.3, 0.4) is 0 Å². The Morgan fingerprint density at radius 2 is 1.32 bits per heavy atom. The zero-order valence-electron chi connectivity index (χ0n) is 17.4. The lowest BCUT2D eigenvalue weighted by atomic mass is 9.98. The van der Waals surface area contributed by atoms with Gasteiger partial charge in [-0.15, -0.1) is 0 Å². The lowest BCUT2D eigenvalue weighted by Gasteiger charge is -2.43. The maximum absolute atomic E-state index is 11.8. The molecule has 0 bridgehead atoms. The van der Waals surface area contributed by atoms with Crippen molar-refractivity contribution in [1.82, 2.24) is 0 Å². The first-order chi connectivity index (χ1) is 14.6. The summed E-state index contributed by atoms with van der Waals surface area (Å²) in [6.07, 6.45) is -6.06. The largest absolute Gasteiger partial charge is 0.463 e. The van der Waals surface area contributed by atoms with Gasteiger partial charge in [-0.3, -0.25) is 19.2 Å². The van der Waals surface area contributed by atoms with Crippen LogP contribution in [0.2, 0.25) is 0 Å². The van der Waals surface area contributed by atoms with Crippen molar-refractivity contribution >= 4 is 46.5 Å². The molecule has 0 aromatic heterocycles. The molecule has 1 saturated heterocycles. The second-order valence-electron chi connectivity index (χ2n) is 6.64. The van der Waals surface area contributed by atoms with Gasteiger partial charge in [0.1, 0.15) is 18.5 Å². The van der Waals surface area contributed by atoms with Crippen molar-refractivity contribution in [3.05, 3.63) is 27.8 Å². The maximum atomic E-state index is 11.8. The summed E-state index contributed by atoms with van der Waals surface area (Å²) in [4.78, 5) is 46.5. The van der Waals surface area contributed by atoms with E-state index < -0.39 is 54.6 Å². The average molecular weight is 550 g/mol. The predicted octanol–water partition coefficient (Wildman–Crippen LogP) is 1.75. The molecule has 11 heteroatoms. The van der Waals surface area contributed by atoms with Gasteiger partial charge >= 0.3 is 23.9 Å². The fourth-order valence-electron chi connectivity index (χ4n) is 2.93. The summed E-state index contributed by atoms with van der Waals surface area (Å²) in [5.41, 5.74) is 0. The number of ether oxygens (including phenoxy) is 6. The summed E-state index contributed by atoms with van der Waals surface area (Å²) >= 11 is 2.13. The van der Waals surface area contributed by atoms with Crippen molar-refractivity contribution in [2.24, 2.45) is 0 Å². The normalized spacial score (nSPS) is 25.1. The number of carbonyl (C=O) groups excluding carboxylic acids is 4. The molecule has 0 aliphatic carbocycles. The van der Waals surface area contributed by atoms with E-state index in [1.54, 1.807) is 24.3 Å². The molecule has 1 heterocycles. The third kappa shape index (κ3) is 7.65. The number of esters is 4. The second-order valence-corrected chi connectivity index (χ2v) is 7.89. The zero-order chi connectivity index (χ0) is 23.1. The lowest BCUT2D eigenvalue weighted by Crippen LogP contribution is -2.63. The van der Waals surface area contributed by atoms with Gasteiger partial charge in [0, 0.05) is 31.3 Å². The highest BCUT2D eigenvalue weighted by molar-refractivity contribution is 14.1. The van der Waals surface area contributed by atoms with E-state index in [4.69, 9.17) is 28.4 Å². The van der Waals surface area contributed by atoms with E-state index in [0.717, 1.165) is 17.4 Å². The Hall–Kier alpha value is -2.41. The van der Waals surface area contributed by atoms with Crippen LogP contribution in [0.4, 0.5) is 0 Å². The third-order valence-corrected chi connectivity index (χ3v) is 4.73. The van der Waals surface area contributed by atoms with Crippen LogP contribution < -0.4 is 4.74 Å². The Morgan fingerprint density at radius 1 is 0.806 bits per heavy atom. The van der Waals surface area contributed by atoms with Gasteiger partial charge in [-0.05, 0) is 46.9 Å². The summed E-state index contributed by atoms with van der Waals surface area (Å²) in [6.45, 7) is 4.36. The van der Waals surface area contributed by atoms with E-state index in [2.05, 4.69) is 22.6 Å². The number of carbonyl (C=O) groups is 4. The van der Waals surface area contributed by atoms with Gasteiger partial charge in [0.25, 0.3) is 0 Å². The molecular weight excluding hydrogens is 527 g/mol. The Morgan fingerprint density at radius 3 is 1.84 bits per heavy atom. The molecule has 0 radical (unpaired) electrons. The summed E-state index contributed by atoms with van der Waals surface area (Å²) < 4.78 is 33.7. The summed E-state index contributed by atoms with van der Waals surface area (Å²) in [5, 5.41) is 0. The highest BCUT2D eigenvalue weighted by Crippen LogP contribution is 2.31. The molecule has 0 N–H and O–H groups in total. The van der Waals surface area contributed by atoms with Crippen LogP contribution >= 0.6 is 22.6 Å². The van der Waals surface area contributed by atoms with Crippen molar-refractivity contribution in [2.45, 2.75) is 58.4 Å². The van der Waals surface area contributed by atoms with E-state index in [-0.39, 0.29) is 6.61 Å². The zero-order valence-corrected chi connectivity index (χ0v) is 19.5. The fourth-order valence-corrected chi connectivity index (χ4v) is 3.29. The molecule has 2 rings (SSSR count). The lowest BCUT2D eigenvalue weighted by molar-refractivity contribution is -0.288. The molecule has 1 aromatic carbocycles. The highest BCUT2D eigenvalue weighted by Gasteiger charge is 2.53. The van der Waals surface area contributed by atoms with Crippen LogP contribution in [0.5, 0.6) is 5.75 Å². The molecule has 0 amide bonds. The van der Waals surface area contributed by atoms with Crippen LogP contribution in [0, 0.1) is 3.57 Å². The van der Waals surface area contributed by atoms with E-state index in [1.807, 2.05) is 0 Å². The molecule has 5 atom stereocenters. The van der Waals surface area contributed by atoms with E-state index in [9.17, 15) is 19.2 Å². The highest BCUT2D eigenvalue weighted by atomic mass is 127. The van der Waals surface area contributed by atoms with Gasteiger partial charge in [-0.1, -0.05) is 0 Å². The summed E-state index contributed by atoms with van der Waals surface area (Å²) in [6, 6.07) is 6.94. The Balaban J connectivity index is 2.43. The smallest absolute Gasteiger partial charge is 0.303 e. The van der Waals surface area contributed by atoms with Crippen LogP contribution in [0.1, 0.15) is 27.7 Å². The average Bonchev–Trinajstić information content (AvgIpc) is 2.65. The first-order valence-electron chi connectivity index (χ1n) is 9.29. The second kappa shape index (κ2) is 11.3. The minimum absolute atomic E-state index is 0.315. The summed E-state index contributed by atoms with van der Waals surface area (Å²) in [5.74, 6) is -2.30. The van der Waals surface area contributed by atoms with Crippen LogP contribution in [-0.4, -0.2) is 61.2 Å². The molecule has 0 spiro atoms. The predicted molar refractivity (Wildman–Crippen MR) is 112 cm³/mol. The van der Waals surface area contributed by atoms with E-state index in [1.165, 1.54) is 13.8 Å². The quantitative estimate of drug-likeness (QED) is 0.282. The molecular formula is C20H23IO10. The molecule has 1 aliphatic rings. The van der Waals surface area contributed by atoms with Crippen LogP contribution in [0.15, 0.2) is 24.3 Å². The van der Waals surface area contributed by atoms with Crippen molar-refractivity contribution in [3.63, 3.8) is 0 Å². The van der Waals surface area contributed by atoms with E-state index in [0.29, 0.717) is 5.75 Å². The Kier molecular flexibility index (Phi) is 9.04. The number of rotatable bonds is 7.